The van der Waals surface area contributed by atoms with Gasteiger partial charge < -0.3 is 14.2 Å². The maximum absolute atomic E-state index is 11.6. The predicted molar refractivity (Wildman–Crippen MR) is 102 cm³/mol. The van der Waals surface area contributed by atoms with Gasteiger partial charge in [-0.3, -0.25) is 0 Å². The van der Waals surface area contributed by atoms with Crippen molar-refractivity contribution in [3.8, 4) is 17.5 Å². The minimum atomic E-state index is -0.453. The third-order valence-electron chi connectivity index (χ3n) is 3.01. The lowest BCUT2D eigenvalue weighted by molar-refractivity contribution is -0.137. The fourth-order valence-corrected chi connectivity index (χ4v) is 2.41. The Hall–Kier alpha value is -2.24. The van der Waals surface area contributed by atoms with E-state index >= 15 is 0 Å². The number of carbonyl (C=O) groups excluding carboxylic acids is 1. The molecule has 2 rings (SSSR count). The van der Waals surface area contributed by atoms with E-state index in [0.29, 0.717) is 33.8 Å². The van der Waals surface area contributed by atoms with Crippen molar-refractivity contribution in [2.45, 2.75) is 26.9 Å². The number of aromatic nitrogens is 1. The van der Waals surface area contributed by atoms with Gasteiger partial charge in [0.1, 0.15) is 5.75 Å². The third kappa shape index (κ3) is 5.93. The van der Waals surface area contributed by atoms with E-state index < -0.39 is 5.97 Å². The fraction of sp³-hybridized carbons (Fsp3) is 0.263. The lowest BCUT2D eigenvalue weighted by Crippen LogP contribution is -2.07. The van der Waals surface area contributed by atoms with Crippen LogP contribution < -0.4 is 9.47 Å². The summed E-state index contributed by atoms with van der Waals surface area (Å²) in [5.74, 6) is 0.572. The van der Waals surface area contributed by atoms with Gasteiger partial charge in [0.15, 0.2) is 0 Å². The van der Waals surface area contributed by atoms with Crippen molar-refractivity contribution in [3.05, 3.63) is 52.0 Å². The maximum atomic E-state index is 11.6. The molecule has 0 aliphatic heterocycles. The summed E-state index contributed by atoms with van der Waals surface area (Å²) in [5.41, 5.74) is 0.570. The molecule has 1 aromatic heterocycles. The Morgan fingerprint density at radius 3 is 2.65 bits per heavy atom. The van der Waals surface area contributed by atoms with Crippen LogP contribution in [0.4, 0.5) is 0 Å². The first-order valence-electron chi connectivity index (χ1n) is 8.04. The van der Waals surface area contributed by atoms with E-state index in [2.05, 4.69) is 4.98 Å². The Balaban J connectivity index is 2.36. The summed E-state index contributed by atoms with van der Waals surface area (Å²) in [4.78, 5) is 15.9. The summed E-state index contributed by atoms with van der Waals surface area (Å²) in [7, 11) is 0. The number of pyridine rings is 1. The molecular formula is C19H19Cl2NO4. The normalized spacial score (nSPS) is 11.0. The zero-order valence-corrected chi connectivity index (χ0v) is 16.2. The van der Waals surface area contributed by atoms with Gasteiger partial charge in [-0.25, -0.2) is 4.79 Å². The van der Waals surface area contributed by atoms with Crippen LogP contribution in [0.25, 0.3) is 6.08 Å². The highest BCUT2D eigenvalue weighted by molar-refractivity contribution is 6.35. The second kappa shape index (κ2) is 9.46. The topological polar surface area (TPSA) is 57.7 Å². The van der Waals surface area contributed by atoms with Crippen LogP contribution in [0.2, 0.25) is 10.0 Å². The second-order valence-electron chi connectivity index (χ2n) is 5.47. The van der Waals surface area contributed by atoms with Gasteiger partial charge in [-0.05, 0) is 51.1 Å². The standard InChI is InChI=1S/C19H19Cl2NO4/c1-4-24-18(23)10-6-13-5-9-17(25-12(2)3)22-19(13)26-16-8-7-14(20)11-15(16)21/h5-12H,4H2,1-3H3/b10-6+. The first-order chi connectivity index (χ1) is 12.4. The van der Waals surface area contributed by atoms with E-state index in [9.17, 15) is 4.79 Å². The number of rotatable bonds is 7. The summed E-state index contributed by atoms with van der Waals surface area (Å²) in [6.45, 7) is 5.83. The molecule has 0 bridgehead atoms. The molecule has 1 aromatic carbocycles. The molecule has 0 aliphatic rings. The Kier molecular flexibility index (Phi) is 7.30. The van der Waals surface area contributed by atoms with Crippen LogP contribution in [0.5, 0.6) is 17.5 Å². The first kappa shape index (κ1) is 20.1. The zero-order valence-electron chi connectivity index (χ0n) is 14.7. The van der Waals surface area contributed by atoms with Crippen LogP contribution in [0.3, 0.4) is 0 Å². The Bertz CT molecular complexity index is 806. The van der Waals surface area contributed by atoms with Gasteiger partial charge in [0, 0.05) is 22.7 Å². The molecule has 5 nitrogen and oxygen atoms in total. The van der Waals surface area contributed by atoms with Crippen molar-refractivity contribution in [3.63, 3.8) is 0 Å². The predicted octanol–water partition coefficient (Wildman–Crippen LogP) is 5.54. The number of ether oxygens (including phenoxy) is 3. The minimum absolute atomic E-state index is 0.0459. The molecule has 138 valence electrons. The van der Waals surface area contributed by atoms with Crippen molar-refractivity contribution < 1.29 is 19.0 Å². The molecule has 0 amide bonds. The van der Waals surface area contributed by atoms with E-state index in [1.807, 2.05) is 13.8 Å². The summed E-state index contributed by atoms with van der Waals surface area (Å²) < 4.78 is 16.3. The van der Waals surface area contributed by atoms with Crippen LogP contribution in [0.15, 0.2) is 36.4 Å². The van der Waals surface area contributed by atoms with Crippen molar-refractivity contribution in [2.75, 3.05) is 6.61 Å². The highest BCUT2D eigenvalue weighted by Gasteiger charge is 2.11. The Labute approximate surface area is 162 Å². The average Bonchev–Trinajstić information content (AvgIpc) is 2.56. The van der Waals surface area contributed by atoms with Crippen molar-refractivity contribution in [2.24, 2.45) is 0 Å². The summed E-state index contributed by atoms with van der Waals surface area (Å²) in [5, 5.41) is 0.837. The highest BCUT2D eigenvalue weighted by atomic mass is 35.5. The van der Waals surface area contributed by atoms with Crippen LogP contribution >= 0.6 is 23.2 Å². The smallest absolute Gasteiger partial charge is 0.330 e. The average molecular weight is 396 g/mol. The molecule has 26 heavy (non-hydrogen) atoms. The molecule has 0 saturated carbocycles. The third-order valence-corrected chi connectivity index (χ3v) is 3.54. The monoisotopic (exact) mass is 395 g/mol. The molecule has 0 N–H and O–H groups in total. The summed E-state index contributed by atoms with van der Waals surface area (Å²) in [6, 6.07) is 8.30. The largest absolute Gasteiger partial charge is 0.475 e. The van der Waals surface area contributed by atoms with Gasteiger partial charge in [0.2, 0.25) is 11.8 Å². The summed E-state index contributed by atoms with van der Waals surface area (Å²) >= 11 is 12.1. The van der Waals surface area contributed by atoms with E-state index in [1.165, 1.54) is 6.08 Å². The van der Waals surface area contributed by atoms with E-state index in [1.54, 1.807) is 43.3 Å². The number of hydrogen-bond donors (Lipinski definition) is 0. The highest BCUT2D eigenvalue weighted by Crippen LogP contribution is 2.33. The first-order valence-corrected chi connectivity index (χ1v) is 8.80. The van der Waals surface area contributed by atoms with Gasteiger partial charge in [-0.2, -0.15) is 4.98 Å². The van der Waals surface area contributed by atoms with E-state index in [4.69, 9.17) is 37.4 Å². The Morgan fingerprint density at radius 1 is 1.23 bits per heavy atom. The lowest BCUT2D eigenvalue weighted by Gasteiger charge is -2.13. The van der Waals surface area contributed by atoms with Crippen molar-refractivity contribution in [1.29, 1.82) is 0 Å². The summed E-state index contributed by atoms with van der Waals surface area (Å²) in [6.07, 6.45) is 2.82. The number of hydrogen-bond acceptors (Lipinski definition) is 5. The number of nitrogens with zero attached hydrogens (tertiary/aromatic N) is 1. The molecule has 0 atom stereocenters. The molecule has 0 radical (unpaired) electrons. The van der Waals surface area contributed by atoms with Crippen LogP contribution in [-0.2, 0) is 9.53 Å². The van der Waals surface area contributed by atoms with Crippen LogP contribution in [0.1, 0.15) is 26.3 Å². The van der Waals surface area contributed by atoms with E-state index in [0.717, 1.165) is 0 Å². The van der Waals surface area contributed by atoms with Gasteiger partial charge in [-0.1, -0.05) is 23.2 Å². The molecule has 7 heteroatoms. The van der Waals surface area contributed by atoms with Gasteiger partial charge in [0.05, 0.1) is 17.7 Å². The SMILES string of the molecule is CCOC(=O)/C=C/c1ccc(OC(C)C)nc1Oc1ccc(Cl)cc1Cl. The van der Waals surface area contributed by atoms with Gasteiger partial charge in [-0.15, -0.1) is 0 Å². The molecule has 0 unspecified atom stereocenters. The Morgan fingerprint density at radius 2 is 2.00 bits per heavy atom. The van der Waals surface area contributed by atoms with Crippen LogP contribution in [0, 0.1) is 0 Å². The quantitative estimate of drug-likeness (QED) is 0.454. The molecule has 0 aliphatic carbocycles. The van der Waals surface area contributed by atoms with Crippen molar-refractivity contribution in [1.82, 2.24) is 4.98 Å². The molecular weight excluding hydrogens is 377 g/mol. The maximum Gasteiger partial charge on any atom is 0.330 e. The number of esters is 1. The van der Waals surface area contributed by atoms with Crippen LogP contribution in [-0.4, -0.2) is 23.7 Å². The van der Waals surface area contributed by atoms with Gasteiger partial charge >= 0.3 is 5.97 Å². The zero-order chi connectivity index (χ0) is 19.1. The van der Waals surface area contributed by atoms with Crippen molar-refractivity contribution >= 4 is 35.2 Å². The lowest BCUT2D eigenvalue weighted by atomic mass is 10.2. The molecule has 0 saturated heterocycles. The minimum Gasteiger partial charge on any atom is -0.475 e. The van der Waals surface area contributed by atoms with E-state index in [-0.39, 0.29) is 12.0 Å². The fourth-order valence-electron chi connectivity index (χ4n) is 1.96. The number of halogens is 2. The van der Waals surface area contributed by atoms with Gasteiger partial charge in [0.25, 0.3) is 0 Å². The molecule has 0 spiro atoms. The molecule has 2 aromatic rings. The molecule has 1 heterocycles. The number of carbonyl (C=O) groups is 1. The molecule has 0 fully saturated rings. The number of benzene rings is 1. The second-order valence-corrected chi connectivity index (χ2v) is 6.32.